The number of carbonyl (C=O) groups is 1. The van der Waals surface area contributed by atoms with Crippen molar-refractivity contribution in [1.82, 2.24) is 19.9 Å². The van der Waals surface area contributed by atoms with Gasteiger partial charge in [0.25, 0.3) is 5.91 Å². The van der Waals surface area contributed by atoms with Crippen molar-refractivity contribution in [2.75, 3.05) is 5.32 Å². The molecule has 0 aromatic carbocycles. The van der Waals surface area contributed by atoms with Gasteiger partial charge in [-0.2, -0.15) is 18.3 Å². The van der Waals surface area contributed by atoms with E-state index in [1.807, 2.05) is 0 Å². The predicted molar refractivity (Wildman–Crippen MR) is 76.0 cm³/mol. The lowest BCUT2D eigenvalue weighted by molar-refractivity contribution is -0.142. The van der Waals surface area contributed by atoms with Gasteiger partial charge in [0.15, 0.2) is 0 Å². The van der Waals surface area contributed by atoms with E-state index < -0.39 is 18.6 Å². The Kier molecular flexibility index (Phi) is 4.02. The van der Waals surface area contributed by atoms with Crippen LogP contribution >= 0.6 is 0 Å². The third-order valence-electron chi connectivity index (χ3n) is 2.89. The maximum Gasteiger partial charge on any atom is 0.408 e. The van der Waals surface area contributed by atoms with E-state index in [0.717, 1.165) is 12.4 Å². The van der Waals surface area contributed by atoms with Crippen LogP contribution in [0.25, 0.3) is 11.4 Å². The lowest BCUT2D eigenvalue weighted by Gasteiger charge is -2.05. The molecule has 0 radical (unpaired) electrons. The topological polar surface area (TPSA) is 85.8 Å². The summed E-state index contributed by atoms with van der Waals surface area (Å²) in [6.07, 6.45) is -0.643. The molecule has 0 atom stereocenters. The van der Waals surface area contributed by atoms with Crippen LogP contribution in [0.15, 0.2) is 47.4 Å². The fourth-order valence-corrected chi connectivity index (χ4v) is 1.91. The smallest absolute Gasteiger partial charge is 0.350 e. The maximum atomic E-state index is 12.3. The predicted octanol–water partition coefficient (Wildman–Crippen LogP) is 2.75. The van der Waals surface area contributed by atoms with Gasteiger partial charge in [0.1, 0.15) is 12.2 Å². The summed E-state index contributed by atoms with van der Waals surface area (Å²) in [6, 6.07) is 6.57. The van der Waals surface area contributed by atoms with Crippen molar-refractivity contribution in [2.45, 2.75) is 12.7 Å². The molecule has 0 saturated carbocycles. The van der Waals surface area contributed by atoms with E-state index in [1.165, 1.54) is 6.07 Å². The molecule has 0 spiro atoms. The number of nitrogens with one attached hydrogen (secondary N) is 1. The van der Waals surface area contributed by atoms with Crippen LogP contribution in [-0.4, -0.2) is 32.0 Å². The lowest BCUT2D eigenvalue weighted by Crippen LogP contribution is -2.17. The summed E-state index contributed by atoms with van der Waals surface area (Å²) in [5.74, 6) is -0.754. The first-order chi connectivity index (χ1) is 11.4. The Labute approximate surface area is 133 Å². The number of aromatic nitrogens is 4. The summed E-state index contributed by atoms with van der Waals surface area (Å²) in [6.45, 7) is -1.24. The number of halogens is 3. The van der Waals surface area contributed by atoms with Crippen LogP contribution in [0.2, 0.25) is 0 Å². The monoisotopic (exact) mass is 337 g/mol. The molecule has 10 heteroatoms. The Bertz CT molecular complexity index is 841. The highest BCUT2D eigenvalue weighted by Gasteiger charge is 2.28. The number of hydrogen-bond acceptors (Lipinski definition) is 5. The minimum absolute atomic E-state index is 0.0979. The van der Waals surface area contributed by atoms with Crippen molar-refractivity contribution in [1.29, 1.82) is 0 Å². The molecule has 3 aromatic heterocycles. The minimum atomic E-state index is -4.39. The van der Waals surface area contributed by atoms with Gasteiger partial charge in [0, 0.05) is 18.5 Å². The van der Waals surface area contributed by atoms with Crippen LogP contribution < -0.4 is 5.32 Å². The molecular formula is C14H10F3N5O2. The molecule has 0 fully saturated rings. The number of nitrogens with zero attached hydrogens (tertiary/aromatic N) is 4. The van der Waals surface area contributed by atoms with Gasteiger partial charge in [0.2, 0.25) is 5.76 Å². The summed E-state index contributed by atoms with van der Waals surface area (Å²) in [4.78, 5) is 16.1. The molecule has 3 heterocycles. The van der Waals surface area contributed by atoms with Crippen LogP contribution in [0.4, 0.5) is 18.9 Å². The lowest BCUT2D eigenvalue weighted by atomic mass is 10.2. The van der Waals surface area contributed by atoms with Crippen LogP contribution in [0.1, 0.15) is 10.6 Å². The van der Waals surface area contributed by atoms with Crippen molar-refractivity contribution in [2.24, 2.45) is 0 Å². The standard InChI is InChI=1S/C14H10F3N5O2/c15-14(16,17)8-22-7-9(6-19-22)20-13(23)12-5-11(21-24-12)10-3-1-2-4-18-10/h1-7H,8H2,(H,20,23). The van der Waals surface area contributed by atoms with Gasteiger partial charge in [-0.05, 0) is 12.1 Å². The molecule has 0 aliphatic rings. The van der Waals surface area contributed by atoms with Crippen molar-refractivity contribution < 1.29 is 22.5 Å². The van der Waals surface area contributed by atoms with Crippen molar-refractivity contribution >= 4 is 11.6 Å². The third-order valence-corrected chi connectivity index (χ3v) is 2.89. The molecule has 3 rings (SSSR count). The molecular weight excluding hydrogens is 327 g/mol. The number of hydrogen-bond donors (Lipinski definition) is 1. The summed E-state index contributed by atoms with van der Waals surface area (Å²) in [5.41, 5.74) is 1.01. The largest absolute Gasteiger partial charge is 0.408 e. The summed E-state index contributed by atoms with van der Waals surface area (Å²) in [5, 5.41) is 9.65. The summed E-state index contributed by atoms with van der Waals surface area (Å²) < 4.78 is 42.4. The summed E-state index contributed by atoms with van der Waals surface area (Å²) >= 11 is 0. The first-order valence-corrected chi connectivity index (χ1v) is 6.69. The fraction of sp³-hybridized carbons (Fsp3) is 0.143. The molecule has 1 N–H and O–H groups in total. The average Bonchev–Trinajstić information content (AvgIpc) is 3.16. The molecule has 124 valence electrons. The van der Waals surface area contributed by atoms with Crippen molar-refractivity contribution in [3.63, 3.8) is 0 Å². The number of amides is 1. The van der Waals surface area contributed by atoms with Crippen LogP contribution in [0.5, 0.6) is 0 Å². The van der Waals surface area contributed by atoms with Gasteiger partial charge in [-0.3, -0.25) is 14.5 Å². The second-order valence-corrected chi connectivity index (χ2v) is 4.79. The minimum Gasteiger partial charge on any atom is -0.350 e. The summed E-state index contributed by atoms with van der Waals surface area (Å²) in [7, 11) is 0. The van der Waals surface area contributed by atoms with Gasteiger partial charge in [-0.1, -0.05) is 11.2 Å². The highest BCUT2D eigenvalue weighted by Crippen LogP contribution is 2.19. The van der Waals surface area contributed by atoms with Gasteiger partial charge >= 0.3 is 6.18 Å². The zero-order valence-electron chi connectivity index (χ0n) is 12.0. The second-order valence-electron chi connectivity index (χ2n) is 4.79. The highest BCUT2D eigenvalue weighted by atomic mass is 19.4. The van der Waals surface area contributed by atoms with E-state index >= 15 is 0 Å². The number of anilines is 1. The molecule has 0 bridgehead atoms. The highest BCUT2D eigenvalue weighted by molar-refractivity contribution is 6.02. The van der Waals surface area contributed by atoms with Gasteiger partial charge in [0.05, 0.1) is 17.6 Å². The van der Waals surface area contributed by atoms with Gasteiger partial charge in [-0.15, -0.1) is 0 Å². The van der Waals surface area contributed by atoms with Crippen molar-refractivity contribution in [3.05, 3.63) is 48.6 Å². The van der Waals surface area contributed by atoms with E-state index in [2.05, 4.69) is 20.6 Å². The Morgan fingerprint density at radius 2 is 2.12 bits per heavy atom. The third kappa shape index (κ3) is 3.77. The van der Waals surface area contributed by atoms with E-state index in [0.29, 0.717) is 16.1 Å². The van der Waals surface area contributed by atoms with Crippen LogP contribution in [0.3, 0.4) is 0 Å². The van der Waals surface area contributed by atoms with Crippen LogP contribution in [-0.2, 0) is 6.54 Å². The molecule has 0 aliphatic carbocycles. The molecule has 0 unspecified atom stereocenters. The zero-order chi connectivity index (χ0) is 17.2. The van der Waals surface area contributed by atoms with Gasteiger partial charge in [-0.25, -0.2) is 0 Å². The Morgan fingerprint density at radius 3 is 2.83 bits per heavy atom. The average molecular weight is 337 g/mol. The fourth-order valence-electron chi connectivity index (χ4n) is 1.91. The van der Waals surface area contributed by atoms with Gasteiger partial charge < -0.3 is 9.84 Å². The first-order valence-electron chi connectivity index (χ1n) is 6.69. The zero-order valence-corrected chi connectivity index (χ0v) is 12.0. The van der Waals surface area contributed by atoms with Crippen LogP contribution in [0, 0.1) is 0 Å². The molecule has 1 amide bonds. The Hall–Kier alpha value is -3.17. The first kappa shape index (κ1) is 15.7. The van der Waals surface area contributed by atoms with Crippen molar-refractivity contribution in [3.8, 4) is 11.4 Å². The molecule has 24 heavy (non-hydrogen) atoms. The molecule has 0 aliphatic heterocycles. The number of rotatable bonds is 4. The van der Waals surface area contributed by atoms with E-state index in [4.69, 9.17) is 4.52 Å². The quantitative estimate of drug-likeness (QED) is 0.791. The molecule has 0 saturated heterocycles. The Morgan fingerprint density at radius 1 is 1.29 bits per heavy atom. The normalized spacial score (nSPS) is 11.5. The van der Waals surface area contributed by atoms with E-state index in [-0.39, 0.29) is 11.4 Å². The maximum absolute atomic E-state index is 12.3. The van der Waals surface area contributed by atoms with E-state index in [1.54, 1.807) is 24.4 Å². The number of alkyl halides is 3. The number of pyridine rings is 1. The molecule has 7 nitrogen and oxygen atoms in total. The Balaban J connectivity index is 1.69. The molecule has 3 aromatic rings. The van der Waals surface area contributed by atoms with E-state index in [9.17, 15) is 18.0 Å². The second kappa shape index (κ2) is 6.14. The number of carbonyl (C=O) groups excluding carboxylic acids is 1. The SMILES string of the molecule is O=C(Nc1cnn(CC(F)(F)F)c1)c1cc(-c2ccccn2)no1.